The summed E-state index contributed by atoms with van der Waals surface area (Å²) in [6.45, 7) is 2.19. The van der Waals surface area contributed by atoms with Crippen molar-refractivity contribution in [2.24, 2.45) is 11.7 Å². The topological polar surface area (TPSA) is 64.3 Å². The molecule has 2 unspecified atom stereocenters. The van der Waals surface area contributed by atoms with Gasteiger partial charge in [-0.25, -0.2) is 0 Å². The van der Waals surface area contributed by atoms with E-state index in [0.29, 0.717) is 23.2 Å². The van der Waals surface area contributed by atoms with Crippen LogP contribution in [0.5, 0.6) is 5.75 Å². The molecule has 20 heavy (non-hydrogen) atoms. The van der Waals surface area contributed by atoms with Crippen molar-refractivity contribution in [3.8, 4) is 5.75 Å². The maximum absolute atomic E-state index is 12.0. The van der Waals surface area contributed by atoms with E-state index in [-0.39, 0.29) is 24.4 Å². The van der Waals surface area contributed by atoms with Gasteiger partial charge in [-0.1, -0.05) is 17.7 Å². The second-order valence-corrected chi connectivity index (χ2v) is 5.34. The van der Waals surface area contributed by atoms with Crippen molar-refractivity contribution < 1.29 is 9.53 Å². The van der Waals surface area contributed by atoms with E-state index in [0.717, 1.165) is 12.8 Å². The first-order chi connectivity index (χ1) is 9.10. The van der Waals surface area contributed by atoms with Crippen LogP contribution in [-0.4, -0.2) is 24.6 Å². The lowest BCUT2D eigenvalue weighted by Gasteiger charge is -2.20. The number of ether oxygens (including phenoxy) is 1. The first-order valence-electron chi connectivity index (χ1n) is 6.53. The van der Waals surface area contributed by atoms with Gasteiger partial charge < -0.3 is 15.8 Å². The number of benzene rings is 1. The van der Waals surface area contributed by atoms with Crippen molar-refractivity contribution >= 4 is 29.9 Å². The van der Waals surface area contributed by atoms with E-state index in [4.69, 9.17) is 22.1 Å². The molecule has 1 aromatic rings. The zero-order valence-electron chi connectivity index (χ0n) is 11.3. The molecule has 6 heteroatoms. The van der Waals surface area contributed by atoms with Crippen LogP contribution in [0.4, 0.5) is 0 Å². The summed E-state index contributed by atoms with van der Waals surface area (Å²) in [6, 6.07) is 7.08. The molecule has 2 rings (SSSR count). The number of carbonyl (C=O) groups is 1. The maximum atomic E-state index is 12.0. The average Bonchev–Trinajstić information content (AvgIpc) is 3.19. The van der Waals surface area contributed by atoms with Gasteiger partial charge in [-0.15, -0.1) is 12.4 Å². The molecule has 0 aliphatic heterocycles. The van der Waals surface area contributed by atoms with Crippen LogP contribution in [0.2, 0.25) is 5.02 Å². The molecule has 1 amide bonds. The molecule has 4 nitrogen and oxygen atoms in total. The summed E-state index contributed by atoms with van der Waals surface area (Å²) < 4.78 is 5.57. The number of nitrogens with one attached hydrogen (secondary N) is 1. The third kappa shape index (κ3) is 4.85. The lowest BCUT2D eigenvalue weighted by molar-refractivity contribution is -0.128. The van der Waals surface area contributed by atoms with Gasteiger partial charge in [0.1, 0.15) is 5.75 Å². The standard InChI is InChI=1S/C14H19ClN2O2.ClH/c1-9(19-12-4-2-3-11(15)7-12)14(18)17-13(8-16)10-5-6-10;/h2-4,7,9-10,13H,5-6,8,16H2,1H3,(H,17,18);1H. The Morgan fingerprint density at radius 1 is 1.55 bits per heavy atom. The smallest absolute Gasteiger partial charge is 0.261 e. The van der Waals surface area contributed by atoms with Gasteiger partial charge >= 0.3 is 0 Å². The minimum absolute atomic E-state index is 0. The molecule has 1 aliphatic carbocycles. The number of halogens is 2. The molecular weight excluding hydrogens is 299 g/mol. The zero-order chi connectivity index (χ0) is 13.8. The number of nitrogens with two attached hydrogens (primary N) is 1. The molecule has 1 aromatic carbocycles. The van der Waals surface area contributed by atoms with Gasteiger partial charge in [-0.05, 0) is 43.9 Å². The molecule has 0 saturated heterocycles. The lowest BCUT2D eigenvalue weighted by Crippen LogP contribution is -2.46. The van der Waals surface area contributed by atoms with Gasteiger partial charge in [-0.3, -0.25) is 4.79 Å². The van der Waals surface area contributed by atoms with Gasteiger partial charge in [0.05, 0.1) is 0 Å². The van der Waals surface area contributed by atoms with E-state index in [9.17, 15) is 4.79 Å². The van der Waals surface area contributed by atoms with E-state index in [1.54, 1.807) is 31.2 Å². The van der Waals surface area contributed by atoms with Crippen LogP contribution in [0.1, 0.15) is 19.8 Å². The fraction of sp³-hybridized carbons (Fsp3) is 0.500. The summed E-state index contributed by atoms with van der Waals surface area (Å²) in [5, 5.41) is 3.53. The number of amides is 1. The van der Waals surface area contributed by atoms with Gasteiger partial charge in [0.15, 0.2) is 6.10 Å². The first kappa shape index (κ1) is 17.1. The highest BCUT2D eigenvalue weighted by Crippen LogP contribution is 2.32. The average molecular weight is 319 g/mol. The molecule has 112 valence electrons. The molecule has 2 atom stereocenters. The lowest BCUT2D eigenvalue weighted by atomic mass is 10.2. The quantitative estimate of drug-likeness (QED) is 0.846. The van der Waals surface area contributed by atoms with Gasteiger partial charge in [-0.2, -0.15) is 0 Å². The predicted molar refractivity (Wildman–Crippen MR) is 82.5 cm³/mol. The number of hydrogen-bond donors (Lipinski definition) is 2. The molecule has 0 spiro atoms. The Hall–Kier alpha value is -0.970. The second-order valence-electron chi connectivity index (χ2n) is 4.91. The number of carbonyl (C=O) groups excluding carboxylic acids is 1. The van der Waals surface area contributed by atoms with Crippen LogP contribution < -0.4 is 15.8 Å². The van der Waals surface area contributed by atoms with Crippen molar-refractivity contribution in [3.05, 3.63) is 29.3 Å². The van der Waals surface area contributed by atoms with E-state index in [1.165, 1.54) is 0 Å². The fourth-order valence-corrected chi connectivity index (χ4v) is 2.15. The highest BCUT2D eigenvalue weighted by molar-refractivity contribution is 6.30. The van der Waals surface area contributed by atoms with Crippen molar-refractivity contribution in [3.63, 3.8) is 0 Å². The van der Waals surface area contributed by atoms with Crippen LogP contribution in [0.15, 0.2) is 24.3 Å². The molecule has 1 saturated carbocycles. The molecule has 0 aromatic heterocycles. The fourth-order valence-electron chi connectivity index (χ4n) is 1.97. The zero-order valence-corrected chi connectivity index (χ0v) is 12.9. The van der Waals surface area contributed by atoms with E-state index in [1.807, 2.05) is 0 Å². The molecule has 1 fully saturated rings. The maximum Gasteiger partial charge on any atom is 0.261 e. The molecule has 0 radical (unpaired) electrons. The normalized spacial score (nSPS) is 16.8. The molecule has 1 aliphatic rings. The summed E-state index contributed by atoms with van der Waals surface area (Å²) in [7, 11) is 0. The van der Waals surface area contributed by atoms with Crippen LogP contribution in [0, 0.1) is 5.92 Å². The van der Waals surface area contributed by atoms with Crippen LogP contribution >= 0.6 is 24.0 Å². The first-order valence-corrected chi connectivity index (χ1v) is 6.90. The SMILES string of the molecule is CC(Oc1cccc(Cl)c1)C(=O)NC(CN)C1CC1.Cl. The Kier molecular flexibility index (Phi) is 6.59. The van der Waals surface area contributed by atoms with Crippen LogP contribution in [0.3, 0.4) is 0 Å². The number of rotatable bonds is 6. The van der Waals surface area contributed by atoms with Crippen molar-refractivity contribution in [1.82, 2.24) is 5.32 Å². The highest BCUT2D eigenvalue weighted by atomic mass is 35.5. The monoisotopic (exact) mass is 318 g/mol. The number of hydrogen-bond acceptors (Lipinski definition) is 3. The van der Waals surface area contributed by atoms with Crippen molar-refractivity contribution in [2.45, 2.75) is 31.9 Å². The molecule has 3 N–H and O–H groups in total. The molecule has 0 bridgehead atoms. The largest absolute Gasteiger partial charge is 0.481 e. The summed E-state index contributed by atoms with van der Waals surface area (Å²) in [5.41, 5.74) is 5.66. The third-order valence-corrected chi connectivity index (χ3v) is 3.49. The summed E-state index contributed by atoms with van der Waals surface area (Å²) in [4.78, 5) is 12.0. The second kappa shape index (κ2) is 7.72. The van der Waals surface area contributed by atoms with Crippen LogP contribution in [-0.2, 0) is 4.79 Å². The Morgan fingerprint density at radius 2 is 2.25 bits per heavy atom. The molecular formula is C14H20Cl2N2O2. The van der Waals surface area contributed by atoms with Crippen molar-refractivity contribution in [2.75, 3.05) is 6.54 Å². The molecule has 0 heterocycles. The van der Waals surface area contributed by atoms with E-state index >= 15 is 0 Å². The Bertz CT molecular complexity index is 453. The predicted octanol–water partition coefficient (Wildman–Crippen LogP) is 2.38. The highest BCUT2D eigenvalue weighted by Gasteiger charge is 2.32. The van der Waals surface area contributed by atoms with E-state index < -0.39 is 6.10 Å². The Labute approximate surface area is 130 Å². The summed E-state index contributed by atoms with van der Waals surface area (Å²) >= 11 is 5.87. The minimum atomic E-state index is -0.564. The Balaban J connectivity index is 0.00000200. The Morgan fingerprint density at radius 3 is 2.80 bits per heavy atom. The summed E-state index contributed by atoms with van der Waals surface area (Å²) in [5.74, 6) is 0.987. The van der Waals surface area contributed by atoms with Gasteiger partial charge in [0.2, 0.25) is 0 Å². The van der Waals surface area contributed by atoms with E-state index in [2.05, 4.69) is 5.32 Å². The van der Waals surface area contributed by atoms with Crippen LogP contribution in [0.25, 0.3) is 0 Å². The third-order valence-electron chi connectivity index (χ3n) is 3.25. The summed E-state index contributed by atoms with van der Waals surface area (Å²) in [6.07, 6.45) is 1.73. The van der Waals surface area contributed by atoms with Gasteiger partial charge in [0.25, 0.3) is 5.91 Å². The minimum Gasteiger partial charge on any atom is -0.481 e. The van der Waals surface area contributed by atoms with Crippen molar-refractivity contribution in [1.29, 1.82) is 0 Å². The van der Waals surface area contributed by atoms with Gasteiger partial charge in [0, 0.05) is 17.6 Å².